The van der Waals surface area contributed by atoms with Crippen molar-refractivity contribution >= 4 is 41.6 Å². The zero-order chi connectivity index (χ0) is 73.0. The number of hydrogen-bond donors (Lipinski definition) is 14. The number of fused-ring (bicyclic) bond motifs is 8. The molecule has 49 nitrogen and oxygen atoms in total. The standard InChI is InChI=1S/C48H74O49S4.4Na/c49-1-9-29(94-98(63,64)65)37(18(54)41(62)79-9)90-43-20(56)34-26(14(84-43)6-76-34)87-47-24(60)39(31(11(3-51)81-47)96-100(69,70)71)92-45-22(58)36-28(16(86-45)8-78-36)89-48-25(61)40(32(12(4-52)82-48)97-101(72,73)74)93-44-21(57)35-27(15(85-44)7-77-35)88-46-23(59)38(30(10(2-50)80-46)95-99(66,67)68)91-42-19(55)33-17(53)13(83-42)5-75-33;;;;/h9-62H,1-8H2,(H,63,64,65)(H,66,67,68)(H,69,70,71)(H,72,73,74);;;;/q;4*+1/p-4/t9-,10-,11-,12-,13-,14-,15-,16-,17+,18-,19-,20-,21-,22-,23-,24-,25-,26+,27+,28+,29+,30+,31+,32+,33+,34-,35-,36-,37-,38-,39-,40-,41?,42-,43-,44-,45-,46+,47+,48+;;;;/m1..../s1. The van der Waals surface area contributed by atoms with Gasteiger partial charge in [0.25, 0.3) is 0 Å². The van der Waals surface area contributed by atoms with Crippen molar-refractivity contribution in [2.45, 2.75) is 246 Å². The van der Waals surface area contributed by atoms with Gasteiger partial charge in [-0.3, -0.25) is 16.7 Å². The molecular weight excluding hydrogens is 1580 g/mol. The third-order valence-corrected chi connectivity index (χ3v) is 20.3. The van der Waals surface area contributed by atoms with Crippen molar-refractivity contribution < 1.29 is 348 Å². The maximum Gasteiger partial charge on any atom is 1.00 e. The number of hydrogen-bond acceptors (Lipinski definition) is 49. The molecule has 0 aliphatic carbocycles. The predicted octanol–water partition coefficient (Wildman–Crippen LogP) is -28.3. The van der Waals surface area contributed by atoms with Gasteiger partial charge in [-0.1, -0.05) is 0 Å². The first-order chi connectivity index (χ1) is 47.5. The maximum absolute atomic E-state index is 12.2. The molecule has 1 unspecified atom stereocenters. The van der Waals surface area contributed by atoms with E-state index in [4.69, 9.17) is 90.0 Å². The van der Waals surface area contributed by atoms with Crippen LogP contribution in [0.1, 0.15) is 0 Å². The second-order valence-electron chi connectivity index (χ2n) is 24.8. The van der Waals surface area contributed by atoms with Crippen LogP contribution in [-0.4, -0.2) is 422 Å². The fraction of sp³-hybridized carbons (Fsp3) is 1.00. The molecule has 584 valence electrons. The normalized spacial score (nSPS) is 49.0. The van der Waals surface area contributed by atoms with Crippen molar-refractivity contribution in [2.75, 3.05) is 52.9 Å². The summed E-state index contributed by atoms with van der Waals surface area (Å²) in [6.45, 7) is -6.59. The van der Waals surface area contributed by atoms with Gasteiger partial charge in [-0.25, -0.2) is 33.7 Å². The summed E-state index contributed by atoms with van der Waals surface area (Å²) >= 11 is 0. The first-order valence-electron chi connectivity index (χ1n) is 30.6. The van der Waals surface area contributed by atoms with E-state index in [1.165, 1.54) is 0 Å². The molecule has 0 radical (unpaired) electrons. The van der Waals surface area contributed by atoms with Gasteiger partial charge in [-0.15, -0.1) is 0 Å². The average Bonchev–Trinajstić information content (AvgIpc) is 1.74. The summed E-state index contributed by atoms with van der Waals surface area (Å²) in [4.78, 5) is 0. The molecule has 0 aromatic rings. The summed E-state index contributed by atoms with van der Waals surface area (Å²) in [5.41, 5.74) is 0. The Hall–Kier alpha value is 2.16. The van der Waals surface area contributed by atoms with Gasteiger partial charge in [0.2, 0.25) is 41.6 Å². The van der Waals surface area contributed by atoms with E-state index in [-0.39, 0.29) is 125 Å². The van der Waals surface area contributed by atoms with Crippen LogP contribution < -0.4 is 118 Å². The molecule has 40 atom stereocenters. The zero-order valence-electron chi connectivity index (χ0n) is 54.9. The molecule has 12 heterocycles. The van der Waals surface area contributed by atoms with Gasteiger partial charge in [0, 0.05) is 0 Å². The smallest absolute Gasteiger partial charge is 0.726 e. The second kappa shape index (κ2) is 37.4. The van der Waals surface area contributed by atoms with Crippen LogP contribution >= 0.6 is 0 Å². The molecular formula is C48H70Na4O49S4. The Morgan fingerprint density at radius 2 is 0.486 bits per heavy atom. The monoisotopic (exact) mass is 1650 g/mol. The van der Waals surface area contributed by atoms with E-state index < -0.39 is 333 Å². The Bertz CT molecular complexity index is 3300. The molecule has 8 bridgehead atoms. The first-order valence-corrected chi connectivity index (χ1v) is 35.9. The van der Waals surface area contributed by atoms with E-state index in [9.17, 15) is 123 Å². The summed E-state index contributed by atoms with van der Waals surface area (Å²) in [5, 5.41) is 154. The number of aliphatic hydroxyl groups is 14. The van der Waals surface area contributed by atoms with Crippen LogP contribution in [0.15, 0.2) is 0 Å². The quantitative estimate of drug-likeness (QED) is 0.0217. The molecule has 0 aromatic carbocycles. The number of rotatable bonds is 26. The summed E-state index contributed by atoms with van der Waals surface area (Å²) in [6.07, 6.45) is -77.6. The Morgan fingerprint density at radius 1 is 0.267 bits per heavy atom. The molecule has 12 saturated heterocycles. The number of ether oxygens (including phenoxy) is 19. The Labute approximate surface area is 682 Å². The van der Waals surface area contributed by atoms with Crippen molar-refractivity contribution in [1.82, 2.24) is 0 Å². The molecule has 57 heteroatoms. The molecule has 12 aliphatic rings. The molecule has 12 aliphatic heterocycles. The van der Waals surface area contributed by atoms with Crippen molar-refractivity contribution in [3.05, 3.63) is 0 Å². The third kappa shape index (κ3) is 20.3. The van der Waals surface area contributed by atoms with E-state index in [1.807, 2.05) is 0 Å². The third-order valence-electron chi connectivity index (χ3n) is 18.4. The topological polar surface area (TPSA) is 724 Å². The Kier molecular flexibility index (Phi) is 33.0. The Morgan fingerprint density at radius 3 is 0.762 bits per heavy atom. The van der Waals surface area contributed by atoms with Crippen molar-refractivity contribution in [1.29, 1.82) is 0 Å². The fourth-order valence-electron chi connectivity index (χ4n) is 13.9. The molecule has 0 spiro atoms. The molecule has 0 saturated carbocycles. The predicted molar refractivity (Wildman–Crippen MR) is 285 cm³/mol. The van der Waals surface area contributed by atoms with Crippen LogP contribution in [0.4, 0.5) is 0 Å². The maximum atomic E-state index is 12.2. The molecule has 12 fully saturated rings. The van der Waals surface area contributed by atoms with Gasteiger partial charge in [0.05, 0.1) is 52.9 Å². The number of aliphatic hydroxyl groups excluding tert-OH is 14. The minimum Gasteiger partial charge on any atom is -0.726 e. The van der Waals surface area contributed by atoms with E-state index in [2.05, 4.69) is 16.7 Å². The minimum atomic E-state index is -5.85. The van der Waals surface area contributed by atoms with E-state index in [0.717, 1.165) is 0 Å². The van der Waals surface area contributed by atoms with Crippen molar-refractivity contribution in [3.63, 3.8) is 0 Å². The van der Waals surface area contributed by atoms with Crippen molar-refractivity contribution in [3.8, 4) is 0 Å². The largest absolute Gasteiger partial charge is 1.00 e. The zero-order valence-corrected chi connectivity index (χ0v) is 66.2. The van der Waals surface area contributed by atoms with Crippen LogP contribution in [0, 0.1) is 0 Å². The van der Waals surface area contributed by atoms with Crippen LogP contribution in [0.5, 0.6) is 0 Å². The van der Waals surface area contributed by atoms with Gasteiger partial charge in [-0.05, 0) is 0 Å². The van der Waals surface area contributed by atoms with Crippen LogP contribution in [0.2, 0.25) is 0 Å². The summed E-state index contributed by atoms with van der Waals surface area (Å²) in [5.74, 6) is 0. The molecule has 105 heavy (non-hydrogen) atoms. The summed E-state index contributed by atoms with van der Waals surface area (Å²) < 4.78 is 271. The SMILES string of the molecule is O=S(=O)([O-])O[C@@H]1[C@H](O[C@H]2O[C@@H]3CO[C@@H]([C@H]3O)[C@H]2O)[C@@H](O)[C@H](O[C@@H]2[C@@H]3OC[C@H]2O[C@H](O[C@@H]2[C@@H](O)[C@H](O[C@@H]4[C@@H]5OC[C@H]4O[C@H](O[C@@H]4[C@@H](O)[C@H](O[C@@H]6[C@@H]7OC[C@H]6O[C@H](O[C@H]6[C@@H](OS(=O)(=O)[O-])[C@@H](CO)OC(O)[C@@H]6O)[C@@H]7O)O[C@H](CO)[C@@H]4OS(=O)(=O)[O-])[C@@H]5O)O[C@H](CO)[C@@H]2OS(=O)(=O)[O-])[C@@H]3O)O[C@@H]1CO.[Na+].[Na+].[Na+].[Na+]. The van der Waals surface area contributed by atoms with Crippen LogP contribution in [0.3, 0.4) is 0 Å². The van der Waals surface area contributed by atoms with Gasteiger partial charge < -0.3 is 180 Å². The summed E-state index contributed by atoms with van der Waals surface area (Å²) in [6, 6.07) is 0. The van der Waals surface area contributed by atoms with Gasteiger partial charge >= 0.3 is 118 Å². The van der Waals surface area contributed by atoms with E-state index in [1.54, 1.807) is 0 Å². The molecule has 0 aromatic heterocycles. The molecule has 14 N–H and O–H groups in total. The van der Waals surface area contributed by atoms with Gasteiger partial charge in [0.15, 0.2) is 50.3 Å². The molecule has 0 amide bonds. The van der Waals surface area contributed by atoms with Gasteiger partial charge in [0.1, 0.15) is 195 Å². The van der Waals surface area contributed by atoms with Crippen LogP contribution in [-0.2, 0) is 148 Å². The second-order valence-corrected chi connectivity index (χ2v) is 28.8. The average molecular weight is 1650 g/mol. The Balaban J connectivity index is 0.00000348. The first kappa shape index (κ1) is 92.7. The van der Waals surface area contributed by atoms with Gasteiger partial charge in [-0.2, -0.15) is 0 Å². The van der Waals surface area contributed by atoms with Crippen molar-refractivity contribution in [2.24, 2.45) is 0 Å². The fourth-order valence-corrected chi connectivity index (χ4v) is 15.9. The van der Waals surface area contributed by atoms with E-state index in [0.29, 0.717) is 0 Å². The molecule has 12 rings (SSSR count). The van der Waals surface area contributed by atoms with E-state index >= 15 is 0 Å². The van der Waals surface area contributed by atoms with Crippen LogP contribution in [0.25, 0.3) is 0 Å². The summed E-state index contributed by atoms with van der Waals surface area (Å²) in [7, 11) is -23.0. The minimum absolute atomic E-state index is 0.